The minimum Gasteiger partial charge on any atom is -0.443 e. The second-order valence-corrected chi connectivity index (χ2v) is 7.89. The molecule has 0 bridgehead atoms. The number of hydrogen-bond donors (Lipinski definition) is 0. The van der Waals surface area contributed by atoms with Crippen molar-refractivity contribution in [2.24, 2.45) is 0 Å². The number of carbonyl (C=O) groups is 1. The molecule has 0 aliphatic carbocycles. The Balaban J connectivity index is 1.36. The third kappa shape index (κ3) is 4.06. The Bertz CT molecular complexity index is 1220. The van der Waals surface area contributed by atoms with E-state index in [-0.39, 0.29) is 17.7 Å². The average Bonchev–Trinajstić information content (AvgIpc) is 3.50. The molecule has 0 saturated carbocycles. The van der Waals surface area contributed by atoms with Gasteiger partial charge < -0.3 is 13.8 Å². The molecule has 1 aliphatic heterocycles. The van der Waals surface area contributed by atoms with Crippen molar-refractivity contribution in [3.8, 4) is 11.3 Å². The number of rotatable bonds is 5. The molecule has 0 radical (unpaired) electrons. The number of carbonyl (C=O) groups excluding carboxylic acids is 1. The Labute approximate surface area is 184 Å². The van der Waals surface area contributed by atoms with Crippen LogP contribution in [0.4, 0.5) is 4.39 Å². The summed E-state index contributed by atoms with van der Waals surface area (Å²) in [6.45, 7) is 0.565. The van der Waals surface area contributed by atoms with Gasteiger partial charge in [0.15, 0.2) is 0 Å². The van der Waals surface area contributed by atoms with Crippen LogP contribution in [0.15, 0.2) is 75.8 Å². The molecule has 6 nitrogen and oxygen atoms in total. The molecule has 1 aliphatic rings. The van der Waals surface area contributed by atoms with E-state index in [1.165, 1.54) is 12.1 Å². The molecule has 1 amide bonds. The highest BCUT2D eigenvalue weighted by Gasteiger charge is 2.34. The zero-order chi connectivity index (χ0) is 21.9. The van der Waals surface area contributed by atoms with Gasteiger partial charge in [0.1, 0.15) is 23.3 Å². The monoisotopic (exact) mass is 431 g/mol. The minimum absolute atomic E-state index is 0.0752. The van der Waals surface area contributed by atoms with E-state index in [2.05, 4.69) is 10.1 Å². The van der Waals surface area contributed by atoms with Crippen LogP contribution < -0.4 is 0 Å². The largest absolute Gasteiger partial charge is 0.443 e. The molecule has 1 fully saturated rings. The first-order valence-corrected chi connectivity index (χ1v) is 10.7. The zero-order valence-corrected chi connectivity index (χ0v) is 17.4. The Morgan fingerprint density at radius 2 is 1.91 bits per heavy atom. The summed E-state index contributed by atoms with van der Waals surface area (Å²) in [5.74, 6) is 0.642. The van der Waals surface area contributed by atoms with Crippen LogP contribution in [0.3, 0.4) is 0 Å². The van der Waals surface area contributed by atoms with Crippen molar-refractivity contribution in [1.82, 2.24) is 15.0 Å². The van der Waals surface area contributed by atoms with E-state index in [1.807, 2.05) is 30.3 Å². The van der Waals surface area contributed by atoms with Gasteiger partial charge in [-0.3, -0.25) is 4.79 Å². The quantitative estimate of drug-likeness (QED) is 0.421. The molecule has 162 valence electrons. The first-order valence-electron chi connectivity index (χ1n) is 10.7. The average molecular weight is 431 g/mol. The maximum Gasteiger partial charge on any atom is 0.293 e. The molecular formula is C25H22FN3O3. The Morgan fingerprint density at radius 1 is 1.09 bits per heavy atom. The van der Waals surface area contributed by atoms with Crippen LogP contribution in [0.2, 0.25) is 0 Å². The minimum atomic E-state index is -0.415. The number of halogens is 1. The predicted molar refractivity (Wildman–Crippen MR) is 115 cm³/mol. The van der Waals surface area contributed by atoms with Crippen LogP contribution in [-0.4, -0.2) is 27.5 Å². The van der Waals surface area contributed by atoms with Gasteiger partial charge in [-0.15, -0.1) is 0 Å². The van der Waals surface area contributed by atoms with E-state index >= 15 is 0 Å². The van der Waals surface area contributed by atoms with Crippen molar-refractivity contribution in [2.75, 3.05) is 6.54 Å². The summed E-state index contributed by atoms with van der Waals surface area (Å²) >= 11 is 0. The van der Waals surface area contributed by atoms with Crippen molar-refractivity contribution in [2.45, 2.75) is 31.7 Å². The molecule has 3 heterocycles. The lowest BCUT2D eigenvalue weighted by Crippen LogP contribution is -2.38. The van der Waals surface area contributed by atoms with Gasteiger partial charge in [0.05, 0.1) is 6.20 Å². The van der Waals surface area contributed by atoms with Crippen molar-refractivity contribution < 1.29 is 18.1 Å². The number of benzene rings is 2. The maximum atomic E-state index is 14.1. The van der Waals surface area contributed by atoms with E-state index in [0.717, 1.165) is 30.6 Å². The van der Waals surface area contributed by atoms with Gasteiger partial charge in [0.25, 0.3) is 5.91 Å². The fourth-order valence-corrected chi connectivity index (χ4v) is 4.10. The van der Waals surface area contributed by atoms with Crippen molar-refractivity contribution >= 4 is 5.91 Å². The van der Waals surface area contributed by atoms with Crippen LogP contribution in [0.25, 0.3) is 11.3 Å². The third-order valence-electron chi connectivity index (χ3n) is 5.71. The van der Waals surface area contributed by atoms with E-state index in [4.69, 9.17) is 8.94 Å². The second kappa shape index (κ2) is 8.78. The summed E-state index contributed by atoms with van der Waals surface area (Å²) < 4.78 is 25.4. The lowest BCUT2D eigenvalue weighted by molar-refractivity contribution is 0.0528. The molecule has 2 aromatic carbocycles. The molecule has 32 heavy (non-hydrogen) atoms. The van der Waals surface area contributed by atoms with Gasteiger partial charge in [-0.25, -0.2) is 9.37 Å². The summed E-state index contributed by atoms with van der Waals surface area (Å²) in [5, 5.41) is 3.91. The van der Waals surface area contributed by atoms with Crippen LogP contribution in [-0.2, 0) is 6.42 Å². The topological polar surface area (TPSA) is 72.4 Å². The molecule has 4 aromatic rings. The first kappa shape index (κ1) is 20.2. The third-order valence-corrected chi connectivity index (χ3v) is 5.71. The number of aromatic nitrogens is 2. The van der Waals surface area contributed by atoms with Gasteiger partial charge >= 0.3 is 0 Å². The number of oxazole rings is 1. The Morgan fingerprint density at radius 3 is 2.75 bits per heavy atom. The highest BCUT2D eigenvalue weighted by molar-refractivity contribution is 5.92. The SMILES string of the molecule is O=C(c1cc(-c2ccccc2F)no1)N1CCCC[C@@H]1c1ncc(Cc2ccccc2)o1. The lowest BCUT2D eigenvalue weighted by atomic mass is 10.0. The summed E-state index contributed by atoms with van der Waals surface area (Å²) in [6.07, 6.45) is 4.98. The van der Waals surface area contributed by atoms with Crippen molar-refractivity contribution in [1.29, 1.82) is 0 Å². The van der Waals surface area contributed by atoms with Gasteiger partial charge in [-0.05, 0) is 37.0 Å². The number of amides is 1. The molecule has 1 atom stereocenters. The smallest absolute Gasteiger partial charge is 0.293 e. The van der Waals surface area contributed by atoms with Crippen LogP contribution in [0, 0.1) is 5.82 Å². The first-order chi connectivity index (χ1) is 15.7. The summed E-state index contributed by atoms with van der Waals surface area (Å²) in [4.78, 5) is 19.4. The number of likely N-dealkylation sites (tertiary alicyclic amines) is 1. The Kier molecular flexibility index (Phi) is 5.54. The van der Waals surface area contributed by atoms with E-state index < -0.39 is 5.82 Å². The standard InChI is InChI=1S/C25H22FN3O3/c26-20-11-5-4-10-19(20)21-15-23(32-28-21)25(30)29-13-7-6-12-22(29)24-27-16-18(31-24)14-17-8-2-1-3-9-17/h1-5,8-11,15-16,22H,6-7,12-14H2/t22-/m1/s1. The van der Waals surface area contributed by atoms with E-state index in [0.29, 0.717) is 30.1 Å². The number of piperidine rings is 1. The fraction of sp³-hybridized carbons (Fsp3) is 0.240. The van der Waals surface area contributed by atoms with Gasteiger partial charge in [0, 0.05) is 24.6 Å². The molecule has 5 rings (SSSR count). The molecule has 1 saturated heterocycles. The van der Waals surface area contributed by atoms with E-state index in [9.17, 15) is 9.18 Å². The summed E-state index contributed by atoms with van der Waals surface area (Å²) in [7, 11) is 0. The second-order valence-electron chi connectivity index (χ2n) is 7.89. The molecule has 0 spiro atoms. The highest BCUT2D eigenvalue weighted by Crippen LogP contribution is 2.33. The molecule has 0 N–H and O–H groups in total. The summed E-state index contributed by atoms with van der Waals surface area (Å²) in [6, 6.07) is 17.5. The zero-order valence-electron chi connectivity index (χ0n) is 17.4. The predicted octanol–water partition coefficient (Wildman–Crippen LogP) is 5.43. The number of hydrogen-bond acceptors (Lipinski definition) is 5. The van der Waals surface area contributed by atoms with Gasteiger partial charge in [0.2, 0.25) is 11.7 Å². The van der Waals surface area contributed by atoms with Crippen molar-refractivity contribution in [3.63, 3.8) is 0 Å². The summed E-state index contributed by atoms with van der Waals surface area (Å²) in [5.41, 5.74) is 1.72. The van der Waals surface area contributed by atoms with Crippen LogP contribution in [0.5, 0.6) is 0 Å². The highest BCUT2D eigenvalue weighted by atomic mass is 19.1. The fourth-order valence-electron chi connectivity index (χ4n) is 4.10. The number of nitrogens with zero attached hydrogens (tertiary/aromatic N) is 3. The van der Waals surface area contributed by atoms with Crippen LogP contribution in [0.1, 0.15) is 53.1 Å². The lowest BCUT2D eigenvalue weighted by Gasteiger charge is -2.32. The van der Waals surface area contributed by atoms with Crippen LogP contribution >= 0.6 is 0 Å². The molecule has 2 aromatic heterocycles. The molecular weight excluding hydrogens is 409 g/mol. The Hall–Kier alpha value is -3.74. The maximum absolute atomic E-state index is 14.1. The van der Waals surface area contributed by atoms with Gasteiger partial charge in [-0.2, -0.15) is 0 Å². The van der Waals surface area contributed by atoms with E-state index in [1.54, 1.807) is 29.3 Å². The molecule has 0 unspecified atom stereocenters. The van der Waals surface area contributed by atoms with Gasteiger partial charge in [-0.1, -0.05) is 47.6 Å². The normalized spacial score (nSPS) is 16.3. The molecule has 7 heteroatoms. The van der Waals surface area contributed by atoms with Crippen molar-refractivity contribution in [3.05, 3.63) is 95.7 Å².